The number of nitrogens with zero attached hydrogens (tertiary/aromatic N) is 2. The number of amides is 2. The summed E-state index contributed by atoms with van der Waals surface area (Å²) in [7, 11) is 2.89. The van der Waals surface area contributed by atoms with Crippen LogP contribution in [0, 0.1) is 24.7 Å². The highest BCUT2D eigenvalue weighted by Gasteiger charge is 2.67. The molecule has 3 aliphatic heterocycles. The number of esters is 1. The molecule has 27 heavy (non-hydrogen) atoms. The third-order valence-electron chi connectivity index (χ3n) is 6.98. The number of rotatable bonds is 2. The molecule has 0 spiro atoms. The molecule has 2 saturated heterocycles. The van der Waals surface area contributed by atoms with Crippen LogP contribution in [0.2, 0.25) is 0 Å². The fraction of sp³-hybridized carbons (Fsp3) is 0.571. The van der Waals surface area contributed by atoms with E-state index in [1.54, 1.807) is 0 Å². The van der Waals surface area contributed by atoms with Gasteiger partial charge in [0.2, 0.25) is 11.8 Å². The van der Waals surface area contributed by atoms with Gasteiger partial charge in [0.1, 0.15) is 6.04 Å². The van der Waals surface area contributed by atoms with Gasteiger partial charge in [-0.1, -0.05) is 23.8 Å². The summed E-state index contributed by atoms with van der Waals surface area (Å²) in [6.07, 6.45) is 3.14. The van der Waals surface area contributed by atoms with Gasteiger partial charge in [-0.25, -0.2) is 0 Å². The van der Waals surface area contributed by atoms with Gasteiger partial charge in [0.15, 0.2) is 0 Å². The zero-order valence-corrected chi connectivity index (χ0v) is 15.8. The van der Waals surface area contributed by atoms with Crippen molar-refractivity contribution in [1.82, 2.24) is 9.80 Å². The molecule has 5 rings (SSSR count). The van der Waals surface area contributed by atoms with Crippen LogP contribution >= 0.6 is 0 Å². The molecule has 1 aliphatic carbocycles. The molecule has 4 aliphatic rings. The maximum Gasteiger partial charge on any atom is 0.323 e. The van der Waals surface area contributed by atoms with Gasteiger partial charge < -0.3 is 4.74 Å². The Hall–Kier alpha value is -2.21. The number of likely N-dealkylation sites (tertiary alicyclic amines) is 1. The number of aryl methyl sites for hydroxylation is 1. The van der Waals surface area contributed by atoms with Gasteiger partial charge >= 0.3 is 5.97 Å². The summed E-state index contributed by atoms with van der Waals surface area (Å²) in [5.41, 5.74) is 3.55. The predicted octanol–water partition coefficient (Wildman–Crippen LogP) is 1.46. The molecule has 0 N–H and O–H groups in total. The van der Waals surface area contributed by atoms with E-state index in [4.69, 9.17) is 4.74 Å². The van der Waals surface area contributed by atoms with E-state index in [1.165, 1.54) is 30.2 Å². The van der Waals surface area contributed by atoms with Crippen molar-refractivity contribution in [1.29, 1.82) is 0 Å². The Kier molecular flexibility index (Phi) is 3.54. The van der Waals surface area contributed by atoms with E-state index < -0.39 is 23.8 Å². The monoisotopic (exact) mass is 368 g/mol. The first-order chi connectivity index (χ1) is 12.9. The normalized spacial score (nSPS) is 35.1. The molecule has 6 nitrogen and oxygen atoms in total. The highest BCUT2D eigenvalue weighted by atomic mass is 16.5. The lowest BCUT2D eigenvalue weighted by atomic mass is 9.81. The smallest absolute Gasteiger partial charge is 0.323 e. The Morgan fingerprint density at radius 3 is 2.52 bits per heavy atom. The molecule has 1 aromatic carbocycles. The largest absolute Gasteiger partial charge is 0.468 e. The molecule has 0 bridgehead atoms. The highest BCUT2D eigenvalue weighted by Crippen LogP contribution is 2.56. The van der Waals surface area contributed by atoms with Crippen LogP contribution in [0.3, 0.4) is 0 Å². The maximum atomic E-state index is 13.0. The summed E-state index contributed by atoms with van der Waals surface area (Å²) in [6, 6.07) is 5.62. The number of methoxy groups -OCH3 is 1. The van der Waals surface area contributed by atoms with Crippen molar-refractivity contribution in [2.45, 2.75) is 44.3 Å². The number of carbonyl (C=O) groups is 3. The van der Waals surface area contributed by atoms with Crippen LogP contribution in [0.4, 0.5) is 0 Å². The van der Waals surface area contributed by atoms with Crippen LogP contribution in [0.5, 0.6) is 0 Å². The molecule has 3 fully saturated rings. The Bertz CT molecular complexity index is 862. The summed E-state index contributed by atoms with van der Waals surface area (Å²) in [5, 5.41) is 0. The van der Waals surface area contributed by atoms with Gasteiger partial charge in [-0.3, -0.25) is 24.2 Å². The Labute approximate surface area is 158 Å². The van der Waals surface area contributed by atoms with Crippen LogP contribution in [0.15, 0.2) is 18.2 Å². The summed E-state index contributed by atoms with van der Waals surface area (Å²) >= 11 is 0. The van der Waals surface area contributed by atoms with Crippen molar-refractivity contribution < 1.29 is 19.1 Å². The minimum atomic E-state index is -0.675. The topological polar surface area (TPSA) is 66.9 Å². The molecule has 1 aromatic rings. The second-order valence-corrected chi connectivity index (χ2v) is 8.46. The zero-order valence-electron chi connectivity index (χ0n) is 15.8. The standard InChI is InChI=1S/C21H24N2O4/c1-10-4-7-13-12(8-10)9-14(11-5-6-11)23-17(13)15-16(18(23)21(26)27-3)20(25)22(2)19(15)24/h4,7-8,11,14-18H,5-6,9H2,1-3H3/t14-,15+,16-,17+,18-/m1/s1. The minimum Gasteiger partial charge on any atom is -0.468 e. The molecular weight excluding hydrogens is 344 g/mol. The molecular formula is C21H24N2O4. The lowest BCUT2D eigenvalue weighted by Crippen LogP contribution is -2.53. The molecule has 0 aromatic heterocycles. The van der Waals surface area contributed by atoms with Gasteiger partial charge in [-0.05, 0) is 43.2 Å². The molecule has 0 unspecified atom stereocenters. The molecule has 142 valence electrons. The lowest BCUT2D eigenvalue weighted by molar-refractivity contribution is -0.153. The fourth-order valence-electron chi connectivity index (χ4n) is 5.65. The fourth-order valence-corrected chi connectivity index (χ4v) is 5.65. The van der Waals surface area contributed by atoms with Crippen molar-refractivity contribution in [2.24, 2.45) is 17.8 Å². The number of hydrogen-bond donors (Lipinski definition) is 0. The van der Waals surface area contributed by atoms with E-state index in [-0.39, 0.29) is 23.9 Å². The number of carbonyl (C=O) groups excluding carboxylic acids is 3. The third kappa shape index (κ3) is 2.19. The average molecular weight is 368 g/mol. The maximum absolute atomic E-state index is 13.0. The van der Waals surface area contributed by atoms with Crippen LogP contribution < -0.4 is 0 Å². The Morgan fingerprint density at radius 1 is 1.15 bits per heavy atom. The van der Waals surface area contributed by atoms with Gasteiger partial charge in [-0.2, -0.15) is 0 Å². The van der Waals surface area contributed by atoms with Crippen molar-refractivity contribution >= 4 is 17.8 Å². The van der Waals surface area contributed by atoms with Crippen molar-refractivity contribution in [3.05, 3.63) is 34.9 Å². The van der Waals surface area contributed by atoms with E-state index in [0.29, 0.717) is 5.92 Å². The Balaban J connectivity index is 1.71. The van der Waals surface area contributed by atoms with Crippen molar-refractivity contribution in [2.75, 3.05) is 14.2 Å². The molecule has 0 radical (unpaired) electrons. The van der Waals surface area contributed by atoms with E-state index in [2.05, 4.69) is 30.0 Å². The first kappa shape index (κ1) is 16.9. The van der Waals surface area contributed by atoms with Gasteiger partial charge in [0.05, 0.1) is 18.9 Å². The SMILES string of the molecule is COC(=O)[C@H]1[C@@H]2C(=O)N(C)C(=O)[C@@H]2[C@@H]2c3ccc(C)cc3C[C@H](C3CC3)N12. The minimum absolute atomic E-state index is 0.172. The van der Waals surface area contributed by atoms with Crippen molar-refractivity contribution in [3.63, 3.8) is 0 Å². The second kappa shape index (κ2) is 5.64. The number of hydrogen-bond acceptors (Lipinski definition) is 5. The third-order valence-corrected chi connectivity index (χ3v) is 6.98. The summed E-state index contributed by atoms with van der Waals surface area (Å²) in [5.74, 6) is -1.45. The first-order valence-electron chi connectivity index (χ1n) is 9.70. The lowest BCUT2D eigenvalue weighted by Gasteiger charge is -2.43. The number of imide groups is 1. The average Bonchev–Trinajstić information content (AvgIpc) is 3.41. The molecule has 1 saturated carbocycles. The summed E-state index contributed by atoms with van der Waals surface area (Å²) in [4.78, 5) is 42.1. The van der Waals surface area contributed by atoms with Gasteiger partial charge in [0.25, 0.3) is 0 Å². The predicted molar refractivity (Wildman–Crippen MR) is 96.5 cm³/mol. The van der Waals surface area contributed by atoms with Crippen molar-refractivity contribution in [3.8, 4) is 0 Å². The molecule has 2 amide bonds. The number of benzene rings is 1. The van der Waals surface area contributed by atoms with Crippen LogP contribution in [0.1, 0.15) is 35.6 Å². The summed E-state index contributed by atoms with van der Waals surface area (Å²) < 4.78 is 5.10. The highest BCUT2D eigenvalue weighted by molar-refractivity contribution is 6.08. The second-order valence-electron chi connectivity index (χ2n) is 8.46. The van der Waals surface area contributed by atoms with Gasteiger partial charge in [-0.15, -0.1) is 0 Å². The summed E-state index contributed by atoms with van der Waals surface area (Å²) in [6.45, 7) is 2.07. The molecule has 6 heteroatoms. The number of ether oxygens (including phenoxy) is 1. The van der Waals surface area contributed by atoms with E-state index in [0.717, 1.165) is 24.8 Å². The first-order valence-corrected chi connectivity index (χ1v) is 9.70. The number of fused-ring (bicyclic) bond motifs is 5. The van der Waals surface area contributed by atoms with Crippen LogP contribution in [-0.2, 0) is 25.5 Å². The van der Waals surface area contributed by atoms with E-state index in [1.807, 2.05) is 0 Å². The molecule has 5 atom stereocenters. The van der Waals surface area contributed by atoms with Crippen LogP contribution in [-0.4, -0.2) is 53.8 Å². The van der Waals surface area contributed by atoms with Gasteiger partial charge in [0, 0.05) is 19.1 Å². The van der Waals surface area contributed by atoms with E-state index in [9.17, 15) is 14.4 Å². The molecule has 3 heterocycles. The quantitative estimate of drug-likeness (QED) is 0.584. The zero-order chi connectivity index (χ0) is 19.0. The van der Waals surface area contributed by atoms with Crippen LogP contribution in [0.25, 0.3) is 0 Å². The Morgan fingerprint density at radius 2 is 1.85 bits per heavy atom. The van der Waals surface area contributed by atoms with E-state index >= 15 is 0 Å².